The Morgan fingerprint density at radius 1 is 1.04 bits per heavy atom. The van der Waals surface area contributed by atoms with E-state index in [0.717, 1.165) is 25.7 Å². The molecule has 128 valence electrons. The molecule has 25 heavy (non-hydrogen) atoms. The highest BCUT2D eigenvalue weighted by molar-refractivity contribution is 6.22. The lowest BCUT2D eigenvalue weighted by Crippen LogP contribution is -2.30. The Hall–Kier alpha value is -2.89. The summed E-state index contributed by atoms with van der Waals surface area (Å²) in [6.07, 6.45) is 4.87. The highest BCUT2D eigenvalue weighted by Crippen LogP contribution is 2.40. The van der Waals surface area contributed by atoms with Crippen LogP contribution in [0, 0.1) is 11.8 Å². The molecule has 2 fully saturated rings. The van der Waals surface area contributed by atoms with Crippen LogP contribution in [0.15, 0.2) is 47.1 Å². The summed E-state index contributed by atoms with van der Waals surface area (Å²) in [5.74, 6) is -1.01. The lowest BCUT2D eigenvalue weighted by Gasteiger charge is -2.19. The molecule has 1 aliphatic heterocycles. The Morgan fingerprint density at radius 2 is 1.76 bits per heavy atom. The molecule has 1 aliphatic carbocycles. The number of furan rings is 1. The maximum Gasteiger partial charge on any atom is 0.379 e. The molecule has 1 aromatic heterocycles. The molecular weight excluding hydrogens is 322 g/mol. The quantitative estimate of drug-likeness (QED) is 0.488. The summed E-state index contributed by atoms with van der Waals surface area (Å²) in [6, 6.07) is 9.57. The molecule has 2 amide bonds. The smallest absolute Gasteiger partial charge is 0.379 e. The first-order valence-electron chi connectivity index (χ1n) is 8.39. The molecule has 2 atom stereocenters. The second kappa shape index (κ2) is 6.20. The van der Waals surface area contributed by atoms with Crippen LogP contribution >= 0.6 is 0 Å². The summed E-state index contributed by atoms with van der Waals surface area (Å²) in [5, 5.41) is 0. The largest absolute Gasteiger partial charge is 0.457 e. The monoisotopic (exact) mass is 339 g/mol. The molecule has 2 aromatic rings. The van der Waals surface area contributed by atoms with E-state index in [1.54, 1.807) is 24.3 Å². The van der Waals surface area contributed by atoms with Crippen LogP contribution in [0.5, 0.6) is 5.75 Å². The van der Waals surface area contributed by atoms with E-state index in [1.165, 1.54) is 23.3 Å². The average Bonchev–Trinajstić information content (AvgIpc) is 3.24. The number of anilines is 1. The number of carbonyl (C=O) groups is 3. The van der Waals surface area contributed by atoms with Crippen LogP contribution in [0.3, 0.4) is 0 Å². The third-order valence-electron chi connectivity index (χ3n) is 4.85. The molecular formula is C19H17NO5. The molecule has 2 heterocycles. The van der Waals surface area contributed by atoms with E-state index in [9.17, 15) is 14.4 Å². The zero-order valence-corrected chi connectivity index (χ0v) is 13.5. The Morgan fingerprint density at radius 3 is 2.40 bits per heavy atom. The molecule has 0 bridgehead atoms. The van der Waals surface area contributed by atoms with Gasteiger partial charge in [-0.2, -0.15) is 0 Å². The van der Waals surface area contributed by atoms with Gasteiger partial charge in [-0.3, -0.25) is 9.59 Å². The Bertz CT molecular complexity index is 802. The molecule has 0 radical (unpaired) electrons. The van der Waals surface area contributed by atoms with Gasteiger partial charge in [-0.05, 0) is 37.1 Å². The number of rotatable bonds is 3. The van der Waals surface area contributed by atoms with Gasteiger partial charge < -0.3 is 9.15 Å². The van der Waals surface area contributed by atoms with E-state index in [2.05, 4.69) is 0 Å². The van der Waals surface area contributed by atoms with Gasteiger partial charge in [-0.25, -0.2) is 9.69 Å². The lowest BCUT2D eigenvalue weighted by atomic mass is 9.81. The Kier molecular flexibility index (Phi) is 3.87. The number of ether oxygens (including phenoxy) is 1. The Balaban J connectivity index is 1.58. The van der Waals surface area contributed by atoms with Crippen molar-refractivity contribution in [3.8, 4) is 5.75 Å². The zero-order chi connectivity index (χ0) is 17.4. The maximum atomic E-state index is 12.7. The number of nitrogens with zero attached hydrogens (tertiary/aromatic N) is 1. The number of amides is 2. The van der Waals surface area contributed by atoms with Gasteiger partial charge in [0, 0.05) is 6.07 Å². The first-order valence-corrected chi connectivity index (χ1v) is 8.39. The SMILES string of the molecule is O=C(Oc1cccc(N2C(=O)C3CCCCC3C2=O)c1)c1ccco1. The van der Waals surface area contributed by atoms with E-state index >= 15 is 0 Å². The van der Waals surface area contributed by atoms with Crippen molar-refractivity contribution in [2.24, 2.45) is 11.8 Å². The fourth-order valence-corrected chi connectivity index (χ4v) is 3.65. The van der Waals surface area contributed by atoms with Gasteiger partial charge >= 0.3 is 5.97 Å². The molecule has 6 heteroatoms. The van der Waals surface area contributed by atoms with Crippen LogP contribution in [-0.4, -0.2) is 17.8 Å². The molecule has 0 N–H and O–H groups in total. The topological polar surface area (TPSA) is 76.8 Å². The molecule has 6 nitrogen and oxygen atoms in total. The van der Waals surface area contributed by atoms with Crippen molar-refractivity contribution in [1.82, 2.24) is 0 Å². The maximum absolute atomic E-state index is 12.7. The highest BCUT2D eigenvalue weighted by Gasteiger charge is 2.48. The molecule has 1 aromatic carbocycles. The fraction of sp³-hybridized carbons (Fsp3) is 0.316. The number of imide groups is 1. The Labute approximate surface area is 144 Å². The van der Waals surface area contributed by atoms with E-state index in [4.69, 9.17) is 9.15 Å². The number of carbonyl (C=O) groups excluding carboxylic acids is 3. The van der Waals surface area contributed by atoms with Crippen LogP contribution in [0.2, 0.25) is 0 Å². The molecule has 1 saturated carbocycles. The van der Waals surface area contributed by atoms with Gasteiger partial charge in [0.1, 0.15) is 5.75 Å². The van der Waals surface area contributed by atoms with Crippen molar-refractivity contribution >= 4 is 23.5 Å². The standard InChI is InChI=1S/C19H17NO5/c21-17-14-7-1-2-8-15(14)18(22)20(17)12-5-3-6-13(11-12)25-19(23)16-9-4-10-24-16/h3-6,9-11,14-15H,1-2,7-8H2. The fourth-order valence-electron chi connectivity index (χ4n) is 3.65. The van der Waals surface area contributed by atoms with Crippen LogP contribution in [0.1, 0.15) is 36.2 Å². The predicted octanol–water partition coefficient (Wildman–Crippen LogP) is 3.18. The van der Waals surface area contributed by atoms with Crippen molar-refractivity contribution < 1.29 is 23.5 Å². The summed E-state index contributed by atoms with van der Waals surface area (Å²) in [5.41, 5.74) is 0.439. The summed E-state index contributed by atoms with van der Waals surface area (Å²) in [7, 11) is 0. The average molecular weight is 339 g/mol. The minimum absolute atomic E-state index is 0.0877. The van der Waals surface area contributed by atoms with Crippen molar-refractivity contribution in [3.63, 3.8) is 0 Å². The predicted molar refractivity (Wildman–Crippen MR) is 88.0 cm³/mol. The van der Waals surface area contributed by atoms with Crippen molar-refractivity contribution in [2.45, 2.75) is 25.7 Å². The minimum Gasteiger partial charge on any atom is -0.457 e. The third-order valence-corrected chi connectivity index (χ3v) is 4.85. The van der Waals surface area contributed by atoms with Crippen molar-refractivity contribution in [1.29, 1.82) is 0 Å². The third kappa shape index (κ3) is 2.73. The van der Waals surface area contributed by atoms with Gasteiger partial charge in [0.25, 0.3) is 0 Å². The first kappa shape index (κ1) is 15.6. The summed E-state index contributed by atoms with van der Waals surface area (Å²) >= 11 is 0. The van der Waals surface area contributed by atoms with E-state index in [-0.39, 0.29) is 35.2 Å². The van der Waals surface area contributed by atoms with E-state index in [0.29, 0.717) is 5.69 Å². The number of hydrogen-bond acceptors (Lipinski definition) is 5. The van der Waals surface area contributed by atoms with Crippen LogP contribution in [0.4, 0.5) is 5.69 Å². The van der Waals surface area contributed by atoms with E-state index < -0.39 is 5.97 Å². The van der Waals surface area contributed by atoms with Crippen molar-refractivity contribution in [2.75, 3.05) is 4.90 Å². The normalized spacial score (nSPS) is 22.8. The van der Waals surface area contributed by atoms with Gasteiger partial charge in [0.05, 0.1) is 23.8 Å². The molecule has 2 aliphatic rings. The second-order valence-electron chi connectivity index (χ2n) is 6.37. The molecule has 0 spiro atoms. The summed E-state index contributed by atoms with van der Waals surface area (Å²) in [4.78, 5) is 38.5. The van der Waals surface area contributed by atoms with Gasteiger partial charge in [-0.15, -0.1) is 0 Å². The first-order chi connectivity index (χ1) is 12.1. The lowest BCUT2D eigenvalue weighted by molar-refractivity contribution is -0.122. The van der Waals surface area contributed by atoms with Gasteiger partial charge in [0.2, 0.25) is 17.6 Å². The highest BCUT2D eigenvalue weighted by atomic mass is 16.5. The van der Waals surface area contributed by atoms with Gasteiger partial charge in [0.15, 0.2) is 0 Å². The zero-order valence-electron chi connectivity index (χ0n) is 13.5. The van der Waals surface area contributed by atoms with Crippen LogP contribution in [0.25, 0.3) is 0 Å². The van der Waals surface area contributed by atoms with Crippen LogP contribution in [-0.2, 0) is 9.59 Å². The van der Waals surface area contributed by atoms with Crippen LogP contribution < -0.4 is 9.64 Å². The summed E-state index contributed by atoms with van der Waals surface area (Å²) < 4.78 is 10.3. The molecule has 2 unspecified atom stereocenters. The minimum atomic E-state index is -0.630. The second-order valence-corrected chi connectivity index (χ2v) is 6.37. The van der Waals surface area contributed by atoms with Crippen molar-refractivity contribution in [3.05, 3.63) is 48.4 Å². The molecule has 1 saturated heterocycles. The number of fused-ring (bicyclic) bond motifs is 1. The van der Waals surface area contributed by atoms with E-state index in [1.807, 2.05) is 0 Å². The number of hydrogen-bond donors (Lipinski definition) is 0. The molecule has 4 rings (SSSR count). The van der Waals surface area contributed by atoms with Gasteiger partial charge in [-0.1, -0.05) is 18.9 Å². The number of benzene rings is 1. The number of esters is 1. The summed E-state index contributed by atoms with van der Waals surface area (Å²) in [6.45, 7) is 0.